The molecule has 3 aromatic rings. The Hall–Kier alpha value is -2.41. The number of phosphoric acid groups is 3. The van der Waals surface area contributed by atoms with Crippen LogP contribution in [-0.4, -0.2) is 69.0 Å². The van der Waals surface area contributed by atoms with Crippen LogP contribution in [0.5, 0.6) is 0 Å². The lowest BCUT2D eigenvalue weighted by atomic mass is 10.1. The molecule has 4 rings (SSSR count). The molecule has 1 aliphatic heterocycles. The molecule has 0 saturated carbocycles. The number of aliphatic hydroxyl groups excluding tert-OH is 2. The highest BCUT2D eigenvalue weighted by Gasteiger charge is 2.47. The van der Waals surface area contributed by atoms with E-state index in [4.69, 9.17) is 19.0 Å². The molecule has 220 valence electrons. The number of aliphatic hydroxyl groups is 2. The van der Waals surface area contributed by atoms with E-state index in [-0.39, 0.29) is 11.3 Å². The third-order valence-corrected chi connectivity index (χ3v) is 9.14. The second-order valence-corrected chi connectivity index (χ2v) is 12.6. The number of fused-ring (bicyclic) bond motifs is 1. The summed E-state index contributed by atoms with van der Waals surface area (Å²) in [6, 6.07) is 4.41. The van der Waals surface area contributed by atoms with E-state index in [0.29, 0.717) is 14.5 Å². The van der Waals surface area contributed by atoms with Gasteiger partial charge in [0.15, 0.2) is 11.8 Å². The van der Waals surface area contributed by atoms with E-state index >= 15 is 0 Å². The fourth-order valence-corrected chi connectivity index (χ4v) is 6.70. The van der Waals surface area contributed by atoms with Crippen molar-refractivity contribution >= 4 is 34.4 Å². The molecule has 0 bridgehead atoms. The molecule has 0 spiro atoms. The van der Waals surface area contributed by atoms with E-state index in [1.807, 2.05) is 0 Å². The van der Waals surface area contributed by atoms with Gasteiger partial charge in [0.05, 0.1) is 13.2 Å². The molecule has 1 aromatic carbocycles. The molecule has 1 saturated heterocycles. The zero-order chi connectivity index (χ0) is 29.6. The molecule has 6 atom stereocenters. The zero-order valence-electron chi connectivity index (χ0n) is 19.4. The second-order valence-electron chi connectivity index (χ2n) is 8.13. The summed E-state index contributed by atoms with van der Waals surface area (Å²) in [5, 5.41) is 24.8. The summed E-state index contributed by atoms with van der Waals surface area (Å²) < 4.78 is 70.7. The number of hydrogen-bond donors (Lipinski definition) is 6. The molecule has 2 aromatic heterocycles. The van der Waals surface area contributed by atoms with Crippen molar-refractivity contribution in [1.82, 2.24) is 14.3 Å². The van der Waals surface area contributed by atoms with Crippen LogP contribution in [-0.2, 0) is 38.1 Å². The number of nitrogens with zero attached hydrogens (tertiary/aromatic N) is 3. The number of ether oxygens (including phenoxy) is 1. The molecular weight excluding hydrogens is 614 g/mol. The Morgan fingerprint density at radius 3 is 2.38 bits per heavy atom. The smallest absolute Gasteiger partial charge is 0.387 e. The van der Waals surface area contributed by atoms with E-state index in [9.17, 15) is 47.7 Å². The molecule has 3 heterocycles. The van der Waals surface area contributed by atoms with Gasteiger partial charge in [0.1, 0.15) is 29.8 Å². The Morgan fingerprint density at radius 1 is 1.00 bits per heavy atom. The number of hydrogen-bond acceptors (Lipinski definition) is 13. The zero-order valence-corrected chi connectivity index (χ0v) is 22.1. The van der Waals surface area contributed by atoms with Gasteiger partial charge >= 0.3 is 29.2 Å². The van der Waals surface area contributed by atoms with Gasteiger partial charge in [-0.1, -0.05) is 5.16 Å². The van der Waals surface area contributed by atoms with Crippen LogP contribution in [0.4, 0.5) is 4.39 Å². The Morgan fingerprint density at radius 2 is 1.70 bits per heavy atom. The lowest BCUT2D eigenvalue weighted by Gasteiger charge is -2.19. The van der Waals surface area contributed by atoms with Crippen LogP contribution < -0.4 is 11.2 Å². The molecule has 0 amide bonds. The van der Waals surface area contributed by atoms with E-state index in [0.717, 1.165) is 24.4 Å². The topological polar surface area (TPSA) is 280 Å². The number of phosphoric ester groups is 1. The van der Waals surface area contributed by atoms with Gasteiger partial charge < -0.3 is 39.0 Å². The molecule has 23 heteroatoms. The first-order valence-electron chi connectivity index (χ1n) is 10.6. The number of benzene rings is 1. The van der Waals surface area contributed by atoms with Gasteiger partial charge in [-0.15, -0.1) is 0 Å². The Kier molecular flexibility index (Phi) is 8.48. The molecule has 0 aliphatic carbocycles. The molecule has 40 heavy (non-hydrogen) atoms. The van der Waals surface area contributed by atoms with Crippen LogP contribution in [0.2, 0.25) is 0 Å². The molecule has 1 fully saturated rings. The maximum absolute atomic E-state index is 13.4. The lowest BCUT2D eigenvalue weighted by molar-refractivity contribution is -0.0547. The maximum atomic E-state index is 13.4. The summed E-state index contributed by atoms with van der Waals surface area (Å²) in [6.45, 7) is -1.56. The summed E-state index contributed by atoms with van der Waals surface area (Å²) in [7, 11) is -17.0. The quantitative estimate of drug-likeness (QED) is 0.151. The van der Waals surface area contributed by atoms with Gasteiger partial charge in [-0.3, -0.25) is 18.5 Å². The highest BCUT2D eigenvalue weighted by molar-refractivity contribution is 7.66. The van der Waals surface area contributed by atoms with Gasteiger partial charge in [-0.25, -0.2) is 22.9 Å². The van der Waals surface area contributed by atoms with E-state index in [1.54, 1.807) is 0 Å². The standard InChI is InChI=1S/C17H19FN3O16P3/c18-8-1-2-9-10(19-35-11(9)5-8)6-21-13(22)3-4-20(17(21)25)16-15(24)14(23)12(34-16)7-33-39(29,30)37-40(31,32)36-38(26,27)28/h1-5,12,14-16,23-24H,6-7H2,(H,29,30)(H,31,32)(H2,26,27,28)/t12-,14+,15?,16-/m1/s1. The Balaban J connectivity index is 1.51. The molecule has 6 N–H and O–H groups in total. The molecule has 0 radical (unpaired) electrons. The first-order chi connectivity index (χ1) is 18.5. The van der Waals surface area contributed by atoms with Crippen molar-refractivity contribution in [3.8, 4) is 0 Å². The number of halogens is 1. The van der Waals surface area contributed by atoms with Crippen LogP contribution in [0.3, 0.4) is 0 Å². The van der Waals surface area contributed by atoms with E-state index in [1.165, 1.54) is 6.07 Å². The third kappa shape index (κ3) is 6.89. The Labute approximate surface area is 220 Å². The summed E-state index contributed by atoms with van der Waals surface area (Å²) in [4.78, 5) is 61.4. The predicted octanol–water partition coefficient (Wildman–Crippen LogP) is -0.699. The van der Waals surface area contributed by atoms with Gasteiger partial charge in [0, 0.05) is 23.7 Å². The fraction of sp³-hybridized carbons (Fsp3) is 0.353. The minimum Gasteiger partial charge on any atom is -0.387 e. The number of aromatic nitrogens is 3. The summed E-state index contributed by atoms with van der Waals surface area (Å²) in [5.74, 6) is -0.608. The van der Waals surface area contributed by atoms with Crippen molar-refractivity contribution in [3.63, 3.8) is 0 Å². The van der Waals surface area contributed by atoms with Crippen LogP contribution in [0.1, 0.15) is 11.9 Å². The van der Waals surface area contributed by atoms with Crippen LogP contribution in [0.25, 0.3) is 11.0 Å². The molecular formula is C17H19FN3O16P3. The summed E-state index contributed by atoms with van der Waals surface area (Å²) >= 11 is 0. The average molecular weight is 633 g/mol. The molecule has 19 nitrogen and oxygen atoms in total. The van der Waals surface area contributed by atoms with E-state index in [2.05, 4.69) is 18.3 Å². The van der Waals surface area contributed by atoms with Crippen molar-refractivity contribution in [2.24, 2.45) is 0 Å². The van der Waals surface area contributed by atoms with E-state index < -0.39 is 78.2 Å². The van der Waals surface area contributed by atoms with Crippen molar-refractivity contribution < 1.29 is 70.3 Å². The van der Waals surface area contributed by atoms with Crippen molar-refractivity contribution in [2.45, 2.75) is 31.1 Å². The number of rotatable bonds is 10. The Bertz CT molecular complexity index is 1680. The summed E-state index contributed by atoms with van der Waals surface area (Å²) in [5.41, 5.74) is -1.73. The van der Waals surface area contributed by atoms with Gasteiger partial charge in [-0.2, -0.15) is 8.62 Å². The first-order valence-corrected chi connectivity index (χ1v) is 15.1. The van der Waals surface area contributed by atoms with Gasteiger partial charge in [-0.05, 0) is 12.1 Å². The predicted molar refractivity (Wildman–Crippen MR) is 124 cm³/mol. The molecule has 3 unspecified atom stereocenters. The minimum absolute atomic E-state index is 0.0517. The molecule has 1 aliphatic rings. The summed E-state index contributed by atoms with van der Waals surface area (Å²) in [6.07, 6.45) is -6.20. The average Bonchev–Trinajstić information content (AvgIpc) is 3.33. The monoisotopic (exact) mass is 633 g/mol. The normalized spacial score (nSPS) is 24.7. The van der Waals surface area contributed by atoms with Crippen LogP contribution in [0.15, 0.2) is 44.6 Å². The first kappa shape index (κ1) is 30.5. The highest BCUT2D eigenvalue weighted by atomic mass is 31.3. The third-order valence-electron chi connectivity index (χ3n) is 5.34. The fourth-order valence-electron chi connectivity index (χ4n) is 3.67. The minimum atomic E-state index is -5.81. The maximum Gasteiger partial charge on any atom is 0.490 e. The lowest BCUT2D eigenvalue weighted by Crippen LogP contribution is -2.43. The van der Waals surface area contributed by atoms with Crippen LogP contribution >= 0.6 is 23.5 Å². The van der Waals surface area contributed by atoms with Gasteiger partial charge in [0.25, 0.3) is 5.56 Å². The van der Waals surface area contributed by atoms with Crippen molar-refractivity contribution in [3.05, 3.63) is 62.8 Å². The van der Waals surface area contributed by atoms with Crippen LogP contribution in [0, 0.1) is 5.82 Å². The highest BCUT2D eigenvalue weighted by Crippen LogP contribution is 2.66. The van der Waals surface area contributed by atoms with Crippen molar-refractivity contribution in [2.75, 3.05) is 6.61 Å². The van der Waals surface area contributed by atoms with Gasteiger partial charge in [0.2, 0.25) is 0 Å². The largest absolute Gasteiger partial charge is 0.490 e. The SMILES string of the molecule is O=c1ccn([C@@H]2O[C@H](COP(=O)(O)OP(=O)(O)OP(=O)(O)O)[C@H](O)C2O)c(=O)n1Cc1noc2cc(F)ccc12. The second kappa shape index (κ2) is 11.1. The van der Waals surface area contributed by atoms with Crippen molar-refractivity contribution in [1.29, 1.82) is 0 Å².